The summed E-state index contributed by atoms with van der Waals surface area (Å²) in [5.41, 5.74) is 0. The number of ether oxygens (including phenoxy) is 2. The quantitative estimate of drug-likeness (QED) is 0.717. The van der Waals surface area contributed by atoms with E-state index in [-0.39, 0.29) is 17.8 Å². The summed E-state index contributed by atoms with van der Waals surface area (Å²) < 4.78 is 37.8. The van der Waals surface area contributed by atoms with Crippen LogP contribution in [0.4, 0.5) is 0 Å². The van der Waals surface area contributed by atoms with Crippen molar-refractivity contribution in [2.45, 2.75) is 31.3 Å². The summed E-state index contributed by atoms with van der Waals surface area (Å²) in [6.45, 7) is 3.95. The number of hydrogen-bond donors (Lipinski definition) is 0. The molecule has 0 aromatic heterocycles. The molecule has 1 aromatic carbocycles. The van der Waals surface area contributed by atoms with E-state index >= 15 is 0 Å². The Balaban J connectivity index is 1.73. The van der Waals surface area contributed by atoms with Crippen molar-refractivity contribution in [3.05, 3.63) is 36.9 Å². The number of rotatable bonds is 7. The lowest BCUT2D eigenvalue weighted by Gasteiger charge is -2.33. The highest BCUT2D eigenvalue weighted by Gasteiger charge is 2.50. The van der Waals surface area contributed by atoms with Crippen LogP contribution in [0, 0.1) is 5.92 Å². The lowest BCUT2D eigenvalue weighted by atomic mass is 10.0. The summed E-state index contributed by atoms with van der Waals surface area (Å²) >= 11 is 0. The van der Waals surface area contributed by atoms with Crippen molar-refractivity contribution < 1.29 is 17.9 Å². The van der Waals surface area contributed by atoms with E-state index in [1.807, 2.05) is 24.3 Å². The van der Waals surface area contributed by atoms with E-state index in [1.54, 1.807) is 11.4 Å². The van der Waals surface area contributed by atoms with Gasteiger partial charge in [0.2, 0.25) is 10.0 Å². The van der Waals surface area contributed by atoms with Crippen LogP contribution in [0.15, 0.2) is 36.9 Å². The molecule has 3 atom stereocenters. The van der Waals surface area contributed by atoms with Crippen molar-refractivity contribution in [3.8, 4) is 11.5 Å². The van der Waals surface area contributed by atoms with Crippen LogP contribution in [-0.2, 0) is 10.0 Å². The van der Waals surface area contributed by atoms with Crippen LogP contribution in [0.3, 0.4) is 0 Å². The maximum atomic E-state index is 12.5. The lowest BCUT2D eigenvalue weighted by molar-refractivity contribution is 0.162. The molecule has 1 aliphatic heterocycles. The molecule has 2 fully saturated rings. The van der Waals surface area contributed by atoms with Crippen LogP contribution in [0.25, 0.3) is 0 Å². The third kappa shape index (κ3) is 3.23. The smallest absolute Gasteiger partial charge is 0.218 e. The fourth-order valence-corrected chi connectivity index (χ4v) is 5.56. The van der Waals surface area contributed by atoms with Crippen molar-refractivity contribution in [3.63, 3.8) is 0 Å². The van der Waals surface area contributed by atoms with Gasteiger partial charge in [-0.1, -0.05) is 12.1 Å². The van der Waals surface area contributed by atoms with Crippen LogP contribution in [-0.4, -0.2) is 44.3 Å². The van der Waals surface area contributed by atoms with Crippen LogP contribution >= 0.6 is 0 Å². The maximum absolute atomic E-state index is 12.5. The molecule has 0 unspecified atom stereocenters. The van der Waals surface area contributed by atoms with E-state index in [1.165, 1.54) is 6.08 Å². The second-order valence-corrected chi connectivity index (χ2v) is 8.10. The Kier molecular flexibility index (Phi) is 4.64. The molecule has 0 amide bonds. The van der Waals surface area contributed by atoms with Crippen molar-refractivity contribution in [1.82, 2.24) is 4.31 Å². The number of fused-ring (bicyclic) bond motifs is 2. The molecular weight excluding hydrogens is 314 g/mol. The van der Waals surface area contributed by atoms with E-state index in [2.05, 4.69) is 6.58 Å². The maximum Gasteiger partial charge on any atom is 0.218 e. The summed E-state index contributed by atoms with van der Waals surface area (Å²) in [5.74, 6) is 1.82. The topological polar surface area (TPSA) is 55.8 Å². The number of nitrogens with zero attached hydrogens (tertiary/aromatic N) is 1. The van der Waals surface area contributed by atoms with Gasteiger partial charge in [-0.25, -0.2) is 8.42 Å². The monoisotopic (exact) mass is 337 g/mol. The Morgan fingerprint density at radius 1 is 1.35 bits per heavy atom. The summed E-state index contributed by atoms with van der Waals surface area (Å²) in [5, 5.41) is 0. The van der Waals surface area contributed by atoms with Gasteiger partial charge in [-0.3, -0.25) is 0 Å². The van der Waals surface area contributed by atoms with Crippen molar-refractivity contribution in [2.24, 2.45) is 5.92 Å². The first-order chi connectivity index (χ1) is 11.0. The normalized spacial score (nSPS) is 27.1. The molecule has 126 valence electrons. The van der Waals surface area contributed by atoms with Gasteiger partial charge in [0.25, 0.3) is 0 Å². The van der Waals surface area contributed by atoms with Gasteiger partial charge in [0.05, 0.1) is 18.9 Å². The average Bonchev–Trinajstić information content (AvgIpc) is 3.14. The van der Waals surface area contributed by atoms with E-state index in [4.69, 9.17) is 9.47 Å². The highest BCUT2D eigenvalue weighted by molar-refractivity contribution is 7.89. The Labute approximate surface area is 137 Å². The fourth-order valence-electron chi connectivity index (χ4n) is 3.80. The standard InChI is InChI=1S/C17H23NO4S/c1-3-9-23(19,20)18-14-8-7-13(10-14)17(18)12-22-16-6-4-5-15(11-16)21-2/h3-6,11,13-14,17H,1,7-10,12H2,2H3/t13-,14+,17-/m0/s1. The fraction of sp³-hybridized carbons (Fsp3) is 0.529. The van der Waals surface area contributed by atoms with Gasteiger partial charge >= 0.3 is 0 Å². The molecule has 3 rings (SSSR count). The lowest BCUT2D eigenvalue weighted by Crippen LogP contribution is -2.48. The predicted molar refractivity (Wildman–Crippen MR) is 89.2 cm³/mol. The second kappa shape index (κ2) is 6.53. The Bertz CT molecular complexity index is 673. The highest BCUT2D eigenvalue weighted by atomic mass is 32.2. The molecule has 5 nitrogen and oxygen atoms in total. The minimum Gasteiger partial charge on any atom is -0.497 e. The van der Waals surface area contributed by atoms with Crippen LogP contribution < -0.4 is 9.47 Å². The van der Waals surface area contributed by atoms with Gasteiger partial charge in [0.15, 0.2) is 0 Å². The minimum atomic E-state index is -3.30. The highest BCUT2D eigenvalue weighted by Crippen LogP contribution is 2.44. The van der Waals surface area contributed by atoms with Crippen LogP contribution in [0.1, 0.15) is 19.3 Å². The molecule has 1 aromatic rings. The van der Waals surface area contributed by atoms with Gasteiger partial charge in [-0.05, 0) is 37.3 Å². The van der Waals surface area contributed by atoms with Gasteiger partial charge in [-0.15, -0.1) is 6.58 Å². The SMILES string of the molecule is C=CCS(=O)(=O)N1[C@@H]2CC[C@@H](C2)[C@@H]1COc1cccc(OC)c1. The average molecular weight is 337 g/mol. The third-order valence-electron chi connectivity index (χ3n) is 4.79. The van der Waals surface area contributed by atoms with Crippen LogP contribution in [0.2, 0.25) is 0 Å². The summed E-state index contributed by atoms with van der Waals surface area (Å²) in [7, 11) is -1.69. The zero-order valence-corrected chi connectivity index (χ0v) is 14.2. The molecule has 0 N–H and O–H groups in total. The first-order valence-corrected chi connectivity index (χ1v) is 9.55. The molecule has 0 spiro atoms. The number of benzene rings is 1. The molecule has 23 heavy (non-hydrogen) atoms. The van der Waals surface area contributed by atoms with E-state index < -0.39 is 10.0 Å². The van der Waals surface area contributed by atoms with Crippen molar-refractivity contribution >= 4 is 10.0 Å². The minimum absolute atomic E-state index is 0.00806. The van der Waals surface area contributed by atoms with E-state index in [0.717, 1.165) is 25.0 Å². The molecular formula is C17H23NO4S. The van der Waals surface area contributed by atoms with Gasteiger partial charge in [-0.2, -0.15) is 4.31 Å². The Hall–Kier alpha value is -1.53. The zero-order chi connectivity index (χ0) is 16.4. The molecule has 2 aliphatic rings. The summed E-state index contributed by atoms with van der Waals surface area (Å²) in [6.07, 6.45) is 4.44. The zero-order valence-electron chi connectivity index (χ0n) is 13.3. The Morgan fingerprint density at radius 3 is 2.87 bits per heavy atom. The second-order valence-electron chi connectivity index (χ2n) is 6.18. The van der Waals surface area contributed by atoms with E-state index in [9.17, 15) is 8.42 Å². The summed E-state index contributed by atoms with van der Waals surface area (Å²) in [4.78, 5) is 0. The molecule has 1 aliphatic carbocycles. The van der Waals surface area contributed by atoms with Gasteiger partial charge in [0, 0.05) is 12.1 Å². The molecule has 0 radical (unpaired) electrons. The number of sulfonamides is 1. The first kappa shape index (κ1) is 16.3. The number of piperidine rings is 1. The molecule has 2 bridgehead atoms. The van der Waals surface area contributed by atoms with Crippen molar-refractivity contribution in [1.29, 1.82) is 0 Å². The van der Waals surface area contributed by atoms with Crippen LogP contribution in [0.5, 0.6) is 11.5 Å². The summed E-state index contributed by atoms with van der Waals surface area (Å²) in [6, 6.07) is 7.44. The molecule has 6 heteroatoms. The number of methoxy groups -OCH3 is 1. The molecule has 1 heterocycles. The largest absolute Gasteiger partial charge is 0.497 e. The predicted octanol–water partition coefficient (Wildman–Crippen LogP) is 2.44. The number of hydrogen-bond acceptors (Lipinski definition) is 4. The van der Waals surface area contributed by atoms with Crippen molar-refractivity contribution in [2.75, 3.05) is 19.5 Å². The first-order valence-electron chi connectivity index (χ1n) is 7.94. The van der Waals surface area contributed by atoms with E-state index in [0.29, 0.717) is 18.3 Å². The third-order valence-corrected chi connectivity index (χ3v) is 6.66. The molecule has 1 saturated carbocycles. The van der Waals surface area contributed by atoms with Gasteiger partial charge < -0.3 is 9.47 Å². The van der Waals surface area contributed by atoms with Gasteiger partial charge in [0.1, 0.15) is 18.1 Å². The Morgan fingerprint density at radius 2 is 2.13 bits per heavy atom. The molecule has 1 saturated heterocycles.